The molecule has 98 valence electrons. The molecular formula is C12H23N3O2. The van der Waals surface area contributed by atoms with Gasteiger partial charge in [0.05, 0.1) is 6.54 Å². The summed E-state index contributed by atoms with van der Waals surface area (Å²) in [6, 6.07) is 0.358. The summed E-state index contributed by atoms with van der Waals surface area (Å²) in [5, 5.41) is 8.53. The lowest BCUT2D eigenvalue weighted by atomic mass is 9.95. The van der Waals surface area contributed by atoms with Crippen LogP contribution in [0.25, 0.3) is 0 Å². The predicted molar refractivity (Wildman–Crippen MR) is 66.6 cm³/mol. The van der Waals surface area contributed by atoms with Gasteiger partial charge in [0.1, 0.15) is 0 Å². The molecule has 0 aromatic rings. The van der Waals surface area contributed by atoms with Crippen LogP contribution >= 0.6 is 0 Å². The van der Waals surface area contributed by atoms with Crippen molar-refractivity contribution in [2.45, 2.75) is 44.6 Å². The molecule has 1 rings (SSSR count). The zero-order valence-electron chi connectivity index (χ0n) is 10.6. The van der Waals surface area contributed by atoms with Crippen LogP contribution in [0.1, 0.15) is 38.5 Å². The summed E-state index contributed by atoms with van der Waals surface area (Å²) in [6.45, 7) is 0.839. The van der Waals surface area contributed by atoms with Crippen LogP contribution in [0.15, 0.2) is 0 Å². The van der Waals surface area contributed by atoms with Crippen molar-refractivity contribution in [3.05, 3.63) is 0 Å². The van der Waals surface area contributed by atoms with E-state index in [9.17, 15) is 9.59 Å². The van der Waals surface area contributed by atoms with E-state index in [0.29, 0.717) is 25.6 Å². The zero-order valence-corrected chi connectivity index (χ0v) is 10.6. The Morgan fingerprint density at radius 2 is 1.82 bits per heavy atom. The third-order valence-corrected chi connectivity index (χ3v) is 3.06. The maximum atomic E-state index is 11.6. The first kappa shape index (κ1) is 14.0. The lowest BCUT2D eigenvalue weighted by Gasteiger charge is -2.22. The highest BCUT2D eigenvalue weighted by molar-refractivity contribution is 5.78. The van der Waals surface area contributed by atoms with Crippen LogP contribution in [0.5, 0.6) is 0 Å². The minimum absolute atomic E-state index is 0.00908. The van der Waals surface area contributed by atoms with E-state index < -0.39 is 0 Å². The second-order valence-electron chi connectivity index (χ2n) is 4.50. The highest BCUT2D eigenvalue weighted by atomic mass is 16.2. The molecule has 0 saturated heterocycles. The Morgan fingerprint density at radius 1 is 1.12 bits per heavy atom. The van der Waals surface area contributed by atoms with Gasteiger partial charge in [0.15, 0.2) is 0 Å². The number of nitrogens with one attached hydrogen (secondary N) is 3. The fourth-order valence-electron chi connectivity index (χ4n) is 2.05. The molecule has 0 spiro atoms. The smallest absolute Gasteiger partial charge is 0.234 e. The molecule has 0 atom stereocenters. The molecule has 1 saturated carbocycles. The number of rotatable bonds is 6. The van der Waals surface area contributed by atoms with Crippen LogP contribution in [0.2, 0.25) is 0 Å². The van der Waals surface area contributed by atoms with E-state index in [2.05, 4.69) is 16.0 Å². The maximum Gasteiger partial charge on any atom is 0.234 e. The third kappa shape index (κ3) is 6.26. The van der Waals surface area contributed by atoms with Crippen molar-refractivity contribution < 1.29 is 9.59 Å². The topological polar surface area (TPSA) is 70.2 Å². The van der Waals surface area contributed by atoms with Crippen LogP contribution in [-0.4, -0.2) is 38.0 Å². The SMILES string of the molecule is CNC(=O)CCNCC(=O)NC1CCCCC1. The first-order valence-corrected chi connectivity index (χ1v) is 6.43. The Morgan fingerprint density at radius 3 is 2.47 bits per heavy atom. The lowest BCUT2D eigenvalue weighted by molar-refractivity contribution is -0.122. The second-order valence-corrected chi connectivity index (χ2v) is 4.50. The minimum atomic E-state index is -0.00908. The normalized spacial score (nSPS) is 16.5. The Bertz CT molecular complexity index is 250. The molecule has 0 heterocycles. The number of hydrogen-bond acceptors (Lipinski definition) is 3. The van der Waals surface area contributed by atoms with E-state index in [1.165, 1.54) is 19.3 Å². The minimum Gasteiger partial charge on any atom is -0.359 e. The summed E-state index contributed by atoms with van der Waals surface area (Å²) >= 11 is 0. The van der Waals surface area contributed by atoms with E-state index in [1.807, 2.05) is 0 Å². The summed E-state index contributed by atoms with van der Waals surface area (Å²) < 4.78 is 0. The molecule has 1 aliphatic carbocycles. The van der Waals surface area contributed by atoms with Gasteiger partial charge in [-0.05, 0) is 12.8 Å². The van der Waals surface area contributed by atoms with Gasteiger partial charge in [-0.25, -0.2) is 0 Å². The number of carbonyl (C=O) groups excluding carboxylic acids is 2. The second kappa shape index (κ2) is 8.06. The molecule has 0 aliphatic heterocycles. The standard InChI is InChI=1S/C12H23N3O2/c1-13-11(16)7-8-14-9-12(17)15-10-5-3-2-4-6-10/h10,14H,2-9H2,1H3,(H,13,16)(H,15,17). The molecule has 1 fully saturated rings. The number of hydrogen-bond donors (Lipinski definition) is 3. The largest absolute Gasteiger partial charge is 0.359 e. The summed E-state index contributed by atoms with van der Waals surface area (Å²) in [6.07, 6.45) is 6.34. The fourth-order valence-corrected chi connectivity index (χ4v) is 2.05. The Balaban J connectivity index is 2.02. The summed E-state index contributed by atoms with van der Waals surface area (Å²) in [7, 11) is 1.61. The van der Waals surface area contributed by atoms with Crippen molar-refractivity contribution in [2.24, 2.45) is 0 Å². The molecule has 1 aliphatic rings. The van der Waals surface area contributed by atoms with E-state index in [1.54, 1.807) is 7.05 Å². The van der Waals surface area contributed by atoms with E-state index >= 15 is 0 Å². The van der Waals surface area contributed by atoms with Crippen LogP contribution < -0.4 is 16.0 Å². The molecule has 0 radical (unpaired) electrons. The molecule has 3 N–H and O–H groups in total. The highest BCUT2D eigenvalue weighted by Crippen LogP contribution is 2.16. The van der Waals surface area contributed by atoms with Crippen molar-refractivity contribution in [2.75, 3.05) is 20.1 Å². The zero-order chi connectivity index (χ0) is 12.5. The Kier molecular flexibility index (Phi) is 6.62. The lowest BCUT2D eigenvalue weighted by Crippen LogP contribution is -2.41. The van der Waals surface area contributed by atoms with Crippen LogP contribution in [0.3, 0.4) is 0 Å². The maximum absolute atomic E-state index is 11.6. The molecule has 0 aromatic heterocycles. The third-order valence-electron chi connectivity index (χ3n) is 3.06. The molecule has 17 heavy (non-hydrogen) atoms. The van der Waals surface area contributed by atoms with Gasteiger partial charge in [0, 0.05) is 26.1 Å². The first-order chi connectivity index (χ1) is 8.22. The molecule has 0 unspecified atom stereocenters. The van der Waals surface area contributed by atoms with Crippen molar-refractivity contribution >= 4 is 11.8 Å². The van der Waals surface area contributed by atoms with Gasteiger partial charge in [-0.2, -0.15) is 0 Å². The van der Waals surface area contributed by atoms with Crippen LogP contribution in [0, 0.1) is 0 Å². The van der Waals surface area contributed by atoms with Gasteiger partial charge >= 0.3 is 0 Å². The van der Waals surface area contributed by atoms with E-state index in [0.717, 1.165) is 12.8 Å². The predicted octanol–water partition coefficient (Wildman–Crippen LogP) is 0.161. The highest BCUT2D eigenvalue weighted by Gasteiger charge is 2.15. The van der Waals surface area contributed by atoms with Gasteiger partial charge in [-0.15, -0.1) is 0 Å². The van der Waals surface area contributed by atoms with Crippen LogP contribution in [-0.2, 0) is 9.59 Å². The summed E-state index contributed by atoms with van der Waals surface area (Å²) in [5.41, 5.74) is 0. The average molecular weight is 241 g/mol. The Labute approximate surface area is 103 Å². The van der Waals surface area contributed by atoms with Gasteiger partial charge in [-0.3, -0.25) is 9.59 Å². The van der Waals surface area contributed by atoms with E-state index in [4.69, 9.17) is 0 Å². The molecule has 5 heteroatoms. The number of carbonyl (C=O) groups is 2. The molecule has 5 nitrogen and oxygen atoms in total. The van der Waals surface area contributed by atoms with Gasteiger partial charge in [0.2, 0.25) is 11.8 Å². The average Bonchev–Trinajstić information content (AvgIpc) is 2.35. The van der Waals surface area contributed by atoms with Crippen molar-refractivity contribution in [3.8, 4) is 0 Å². The molecule has 2 amide bonds. The quantitative estimate of drug-likeness (QED) is 0.580. The van der Waals surface area contributed by atoms with Crippen LogP contribution in [0.4, 0.5) is 0 Å². The molecule has 0 bridgehead atoms. The van der Waals surface area contributed by atoms with Crippen molar-refractivity contribution in [1.29, 1.82) is 0 Å². The summed E-state index contributed by atoms with van der Waals surface area (Å²) in [5.74, 6) is 0.0268. The first-order valence-electron chi connectivity index (χ1n) is 6.43. The van der Waals surface area contributed by atoms with Crippen molar-refractivity contribution in [1.82, 2.24) is 16.0 Å². The Hall–Kier alpha value is -1.10. The van der Waals surface area contributed by atoms with Crippen molar-refractivity contribution in [3.63, 3.8) is 0 Å². The van der Waals surface area contributed by atoms with Gasteiger partial charge < -0.3 is 16.0 Å². The monoisotopic (exact) mass is 241 g/mol. The van der Waals surface area contributed by atoms with E-state index in [-0.39, 0.29) is 11.8 Å². The summed E-state index contributed by atoms with van der Waals surface area (Å²) in [4.78, 5) is 22.5. The fraction of sp³-hybridized carbons (Fsp3) is 0.833. The molecular weight excluding hydrogens is 218 g/mol. The molecule has 0 aromatic carbocycles. The van der Waals surface area contributed by atoms with Gasteiger partial charge in [0.25, 0.3) is 0 Å². The van der Waals surface area contributed by atoms with Gasteiger partial charge in [-0.1, -0.05) is 19.3 Å². The number of amides is 2.